The van der Waals surface area contributed by atoms with Crippen LogP contribution >= 0.6 is 0 Å². The molecule has 2 amide bonds. The summed E-state index contributed by atoms with van der Waals surface area (Å²) in [5.41, 5.74) is 4.11. The van der Waals surface area contributed by atoms with E-state index in [1.165, 1.54) is 19.3 Å². The zero-order valence-corrected chi connectivity index (χ0v) is 27.5. The SMILES string of the molecule is Cc1cc(CC(OC(=O)N2CCC(n3cc(-c4ccccc4)[nH]c3=O)CC2)C(=O)N2CCC(N3CCCCC3)CC2)cc2oc(=O)[nH]c12. The number of oxazole rings is 1. The first-order valence-corrected chi connectivity index (χ1v) is 17.3. The molecule has 2 N–H and O–H groups in total. The quantitative estimate of drug-likeness (QED) is 0.300. The summed E-state index contributed by atoms with van der Waals surface area (Å²) in [6.07, 6.45) is 7.20. The van der Waals surface area contributed by atoms with Gasteiger partial charge in [0, 0.05) is 50.9 Å². The molecule has 0 bridgehead atoms. The first-order chi connectivity index (χ1) is 23.3. The number of piperidine rings is 3. The number of amides is 2. The van der Waals surface area contributed by atoms with Crippen LogP contribution in [-0.4, -0.2) is 92.6 Å². The van der Waals surface area contributed by atoms with Crippen LogP contribution in [0.5, 0.6) is 0 Å². The van der Waals surface area contributed by atoms with Crippen LogP contribution in [0.25, 0.3) is 22.4 Å². The zero-order chi connectivity index (χ0) is 33.2. The summed E-state index contributed by atoms with van der Waals surface area (Å²) in [6, 6.07) is 13.8. The van der Waals surface area contributed by atoms with Crippen molar-refractivity contribution in [2.45, 2.75) is 76.5 Å². The Morgan fingerprint density at radius 3 is 2.29 bits per heavy atom. The minimum Gasteiger partial charge on any atom is -0.436 e. The molecule has 0 aliphatic carbocycles. The number of carbonyl (C=O) groups is 2. The van der Waals surface area contributed by atoms with Gasteiger partial charge < -0.3 is 28.8 Å². The third kappa shape index (κ3) is 6.85. The van der Waals surface area contributed by atoms with E-state index in [1.807, 2.05) is 54.4 Å². The second-order valence-corrected chi connectivity index (χ2v) is 13.5. The van der Waals surface area contributed by atoms with E-state index in [9.17, 15) is 19.2 Å². The molecule has 254 valence electrons. The Morgan fingerprint density at radius 1 is 0.875 bits per heavy atom. The van der Waals surface area contributed by atoms with Crippen molar-refractivity contribution in [3.05, 3.63) is 80.8 Å². The fraction of sp³-hybridized carbons (Fsp3) is 0.500. The van der Waals surface area contributed by atoms with Crippen LogP contribution in [0.1, 0.15) is 62.1 Å². The van der Waals surface area contributed by atoms with Crippen molar-refractivity contribution < 1.29 is 18.7 Å². The summed E-state index contributed by atoms with van der Waals surface area (Å²) in [5.74, 6) is -0.738. The van der Waals surface area contributed by atoms with Gasteiger partial charge in [-0.25, -0.2) is 14.4 Å². The van der Waals surface area contributed by atoms with Crippen molar-refractivity contribution in [3.8, 4) is 11.3 Å². The maximum Gasteiger partial charge on any atom is 0.417 e. The van der Waals surface area contributed by atoms with Gasteiger partial charge in [0.15, 0.2) is 11.7 Å². The van der Waals surface area contributed by atoms with E-state index < -0.39 is 18.0 Å². The van der Waals surface area contributed by atoms with E-state index in [0.717, 1.165) is 48.3 Å². The van der Waals surface area contributed by atoms with Crippen LogP contribution < -0.4 is 11.4 Å². The molecule has 48 heavy (non-hydrogen) atoms. The number of benzene rings is 2. The van der Waals surface area contributed by atoms with Gasteiger partial charge in [0.05, 0.1) is 11.2 Å². The monoisotopic (exact) mass is 656 g/mol. The topological polar surface area (TPSA) is 137 Å². The van der Waals surface area contributed by atoms with Crippen LogP contribution in [0.3, 0.4) is 0 Å². The molecule has 1 atom stereocenters. The number of imidazole rings is 1. The van der Waals surface area contributed by atoms with E-state index in [4.69, 9.17) is 9.15 Å². The Balaban J connectivity index is 1.03. The molecule has 3 saturated heterocycles. The zero-order valence-electron chi connectivity index (χ0n) is 27.5. The van der Waals surface area contributed by atoms with Gasteiger partial charge in [-0.05, 0) is 81.3 Å². The van der Waals surface area contributed by atoms with Crippen molar-refractivity contribution in [1.82, 2.24) is 29.2 Å². The number of H-pyrrole nitrogens is 2. The number of nitrogens with zero attached hydrogens (tertiary/aromatic N) is 4. The van der Waals surface area contributed by atoms with Crippen LogP contribution in [0.15, 0.2) is 62.7 Å². The van der Waals surface area contributed by atoms with Crippen molar-refractivity contribution in [1.29, 1.82) is 0 Å². The van der Waals surface area contributed by atoms with Crippen LogP contribution in [-0.2, 0) is 16.0 Å². The molecule has 7 rings (SSSR count). The normalized spacial score (nSPS) is 19.1. The maximum absolute atomic E-state index is 14.0. The molecule has 12 nitrogen and oxygen atoms in total. The molecular formula is C36H44N6O6. The van der Waals surface area contributed by atoms with Crippen LogP contribution in [0.4, 0.5) is 4.79 Å². The second-order valence-electron chi connectivity index (χ2n) is 13.5. The average molecular weight is 657 g/mol. The lowest BCUT2D eigenvalue weighted by Gasteiger charge is -2.41. The van der Waals surface area contributed by atoms with Crippen molar-refractivity contribution in [3.63, 3.8) is 0 Å². The fourth-order valence-corrected chi connectivity index (χ4v) is 7.71. The number of hydrogen-bond donors (Lipinski definition) is 2. The van der Waals surface area contributed by atoms with E-state index in [0.29, 0.717) is 56.2 Å². The molecular weight excluding hydrogens is 612 g/mol. The van der Waals surface area contributed by atoms with Gasteiger partial charge in [0.25, 0.3) is 5.91 Å². The number of rotatable bonds is 7. The first-order valence-electron chi connectivity index (χ1n) is 17.3. The summed E-state index contributed by atoms with van der Waals surface area (Å²) in [6.45, 7) is 6.18. The lowest BCUT2D eigenvalue weighted by atomic mass is 9.98. The Bertz CT molecular complexity index is 1850. The highest BCUT2D eigenvalue weighted by Crippen LogP contribution is 2.27. The number of nitrogens with one attached hydrogen (secondary N) is 2. The summed E-state index contributed by atoms with van der Waals surface area (Å²) in [5, 5.41) is 0. The van der Waals surface area contributed by atoms with Gasteiger partial charge in [-0.1, -0.05) is 42.8 Å². The minimum absolute atomic E-state index is 0.0559. The predicted molar refractivity (Wildman–Crippen MR) is 181 cm³/mol. The van der Waals surface area contributed by atoms with Crippen LogP contribution in [0.2, 0.25) is 0 Å². The highest BCUT2D eigenvalue weighted by molar-refractivity contribution is 5.84. The molecule has 3 aliphatic heterocycles. The summed E-state index contributed by atoms with van der Waals surface area (Å²) >= 11 is 0. The van der Waals surface area contributed by atoms with Gasteiger partial charge in [-0.2, -0.15) is 0 Å². The number of aromatic amines is 2. The number of aromatic nitrogens is 3. The average Bonchev–Trinajstić information content (AvgIpc) is 3.70. The molecule has 2 aromatic heterocycles. The third-order valence-electron chi connectivity index (χ3n) is 10.4. The number of ether oxygens (including phenoxy) is 1. The van der Waals surface area contributed by atoms with E-state index in [1.54, 1.807) is 15.5 Å². The molecule has 3 aliphatic rings. The highest BCUT2D eigenvalue weighted by atomic mass is 16.6. The Morgan fingerprint density at radius 2 is 1.56 bits per heavy atom. The Labute approximate surface area is 278 Å². The number of likely N-dealkylation sites (tertiary alicyclic amines) is 3. The summed E-state index contributed by atoms with van der Waals surface area (Å²) < 4.78 is 13.1. The largest absolute Gasteiger partial charge is 0.436 e. The fourth-order valence-electron chi connectivity index (χ4n) is 7.71. The lowest BCUT2D eigenvalue weighted by molar-refractivity contribution is -0.142. The Kier molecular flexibility index (Phi) is 9.25. The number of carbonyl (C=O) groups excluding carboxylic acids is 2. The highest BCUT2D eigenvalue weighted by Gasteiger charge is 2.35. The molecule has 1 unspecified atom stereocenters. The Hall–Kier alpha value is -4.58. The summed E-state index contributed by atoms with van der Waals surface area (Å²) in [7, 11) is 0. The predicted octanol–water partition coefficient (Wildman–Crippen LogP) is 4.45. The standard InChI is InChI=1S/C36H44N6O6/c1-24-20-25(21-30-32(24)38-35(45)47-30)22-31(33(43)40-16-10-27(11-17-40)39-14-6-3-7-15-39)48-36(46)41-18-12-28(13-19-41)42-23-29(37-34(42)44)26-8-4-2-5-9-26/h2,4-5,8-9,20-21,23,27-28,31H,3,6-7,10-19,22H2,1H3,(H,37,44)(H,38,45). The van der Waals surface area contributed by atoms with Gasteiger partial charge in [0.1, 0.15) is 0 Å². The number of fused-ring (bicyclic) bond motifs is 1. The molecule has 2 aromatic carbocycles. The number of hydrogen-bond acceptors (Lipinski definition) is 7. The third-order valence-corrected chi connectivity index (χ3v) is 10.4. The smallest absolute Gasteiger partial charge is 0.417 e. The van der Waals surface area contributed by atoms with Gasteiger partial charge in [-0.3, -0.25) is 14.3 Å². The lowest BCUT2D eigenvalue weighted by Crippen LogP contribution is -2.52. The molecule has 0 saturated carbocycles. The summed E-state index contributed by atoms with van der Waals surface area (Å²) in [4.78, 5) is 64.0. The van der Waals surface area contributed by atoms with Gasteiger partial charge in [0.2, 0.25) is 0 Å². The van der Waals surface area contributed by atoms with Crippen molar-refractivity contribution in [2.75, 3.05) is 39.3 Å². The molecule has 12 heteroatoms. The molecule has 5 heterocycles. The maximum atomic E-state index is 14.0. The molecule has 4 aromatic rings. The minimum atomic E-state index is -1.02. The molecule has 3 fully saturated rings. The van der Waals surface area contributed by atoms with Gasteiger partial charge in [-0.15, -0.1) is 0 Å². The second kappa shape index (κ2) is 13.9. The molecule has 0 radical (unpaired) electrons. The van der Waals surface area contributed by atoms with E-state index in [-0.39, 0.29) is 24.1 Å². The number of aryl methyl sites for hydroxylation is 1. The van der Waals surface area contributed by atoms with Crippen molar-refractivity contribution in [2.24, 2.45) is 0 Å². The van der Waals surface area contributed by atoms with Gasteiger partial charge >= 0.3 is 17.5 Å². The van der Waals surface area contributed by atoms with E-state index in [2.05, 4.69) is 14.9 Å². The first kappa shape index (κ1) is 32.0. The molecule has 0 spiro atoms. The van der Waals surface area contributed by atoms with Crippen LogP contribution in [0, 0.1) is 6.92 Å². The van der Waals surface area contributed by atoms with Crippen molar-refractivity contribution >= 4 is 23.1 Å². The van der Waals surface area contributed by atoms with E-state index >= 15 is 0 Å².